The van der Waals surface area contributed by atoms with Crippen molar-refractivity contribution in [3.8, 4) is 0 Å². The number of methoxy groups -OCH3 is 1. The molecule has 1 rings (SSSR count). The zero-order valence-corrected chi connectivity index (χ0v) is 8.46. The molecule has 3 nitrogen and oxygen atoms in total. The lowest BCUT2D eigenvalue weighted by Gasteiger charge is -2.07. The van der Waals surface area contributed by atoms with Crippen LogP contribution in [0.2, 0.25) is 0 Å². The van der Waals surface area contributed by atoms with E-state index in [1.165, 1.54) is 7.11 Å². The van der Waals surface area contributed by atoms with Gasteiger partial charge in [-0.05, 0) is 31.0 Å². The Morgan fingerprint density at radius 1 is 1.36 bits per heavy atom. The quantitative estimate of drug-likeness (QED) is 0.531. The third kappa shape index (κ3) is 1.66. The van der Waals surface area contributed by atoms with Crippen molar-refractivity contribution >= 4 is 12.3 Å². The summed E-state index contributed by atoms with van der Waals surface area (Å²) < 4.78 is 4.58. The van der Waals surface area contributed by atoms with Gasteiger partial charge in [-0.1, -0.05) is 6.07 Å². The van der Waals surface area contributed by atoms with Crippen LogP contribution in [0.5, 0.6) is 0 Å². The van der Waals surface area contributed by atoms with Crippen molar-refractivity contribution in [3.05, 3.63) is 34.4 Å². The van der Waals surface area contributed by atoms with Crippen LogP contribution in [-0.2, 0) is 4.74 Å². The first-order valence-electron chi connectivity index (χ1n) is 4.25. The molecule has 0 fully saturated rings. The highest BCUT2D eigenvalue weighted by Gasteiger charge is 2.13. The zero-order chi connectivity index (χ0) is 10.7. The fourth-order valence-electron chi connectivity index (χ4n) is 1.28. The number of carbonyl (C=O) groups is 2. The first-order valence-corrected chi connectivity index (χ1v) is 4.25. The lowest BCUT2D eigenvalue weighted by molar-refractivity contribution is 0.0598. The molecule has 0 N–H and O–H groups in total. The number of esters is 1. The summed E-state index contributed by atoms with van der Waals surface area (Å²) in [5.41, 5.74) is 2.55. The SMILES string of the molecule is COC(=O)c1ccc(C)c(C)c1C=O. The second-order valence-corrected chi connectivity index (χ2v) is 3.08. The predicted octanol–water partition coefficient (Wildman–Crippen LogP) is 1.90. The normalized spacial score (nSPS) is 9.64. The molecule has 0 spiro atoms. The lowest BCUT2D eigenvalue weighted by atomic mass is 9.99. The molecule has 0 aromatic heterocycles. The molecule has 3 heteroatoms. The summed E-state index contributed by atoms with van der Waals surface area (Å²) in [6.45, 7) is 3.70. The molecule has 0 aliphatic heterocycles. The Bertz CT molecular complexity index is 380. The molecular weight excluding hydrogens is 180 g/mol. The van der Waals surface area contributed by atoms with Crippen LogP contribution in [0.4, 0.5) is 0 Å². The Hall–Kier alpha value is -1.64. The van der Waals surface area contributed by atoms with Crippen LogP contribution in [0.3, 0.4) is 0 Å². The van der Waals surface area contributed by atoms with Gasteiger partial charge >= 0.3 is 5.97 Å². The summed E-state index contributed by atoms with van der Waals surface area (Å²) in [4.78, 5) is 22.1. The highest BCUT2D eigenvalue weighted by atomic mass is 16.5. The van der Waals surface area contributed by atoms with Crippen molar-refractivity contribution in [1.82, 2.24) is 0 Å². The van der Waals surface area contributed by atoms with Crippen LogP contribution in [0, 0.1) is 13.8 Å². The van der Waals surface area contributed by atoms with Gasteiger partial charge in [0.25, 0.3) is 0 Å². The molecule has 0 bridgehead atoms. The molecule has 74 valence electrons. The first-order chi connectivity index (χ1) is 6.61. The fourth-order valence-corrected chi connectivity index (χ4v) is 1.28. The van der Waals surface area contributed by atoms with E-state index in [0.717, 1.165) is 11.1 Å². The third-order valence-corrected chi connectivity index (χ3v) is 2.31. The van der Waals surface area contributed by atoms with Crippen molar-refractivity contribution < 1.29 is 14.3 Å². The Morgan fingerprint density at radius 3 is 2.50 bits per heavy atom. The van der Waals surface area contributed by atoms with Crippen LogP contribution in [0.1, 0.15) is 31.8 Å². The number of hydrogen-bond acceptors (Lipinski definition) is 3. The van der Waals surface area contributed by atoms with E-state index in [4.69, 9.17) is 0 Å². The average Bonchev–Trinajstić information content (AvgIpc) is 2.20. The lowest BCUT2D eigenvalue weighted by Crippen LogP contribution is -2.07. The standard InChI is InChI=1S/C11H12O3/c1-7-4-5-9(11(13)14-3)10(6-12)8(7)2/h4-6H,1-3H3. The van der Waals surface area contributed by atoms with Gasteiger partial charge in [0.15, 0.2) is 6.29 Å². The van der Waals surface area contributed by atoms with E-state index in [9.17, 15) is 9.59 Å². The van der Waals surface area contributed by atoms with Gasteiger partial charge in [0.05, 0.1) is 12.7 Å². The van der Waals surface area contributed by atoms with Gasteiger partial charge in [-0.15, -0.1) is 0 Å². The van der Waals surface area contributed by atoms with E-state index in [1.807, 2.05) is 13.8 Å². The molecule has 0 amide bonds. The van der Waals surface area contributed by atoms with Crippen molar-refractivity contribution in [1.29, 1.82) is 0 Å². The van der Waals surface area contributed by atoms with Gasteiger partial charge in [-0.3, -0.25) is 4.79 Å². The zero-order valence-electron chi connectivity index (χ0n) is 8.46. The molecule has 0 radical (unpaired) electrons. The monoisotopic (exact) mass is 192 g/mol. The summed E-state index contributed by atoms with van der Waals surface area (Å²) in [5.74, 6) is -0.477. The van der Waals surface area contributed by atoms with E-state index in [0.29, 0.717) is 17.4 Å². The Kier molecular flexibility index (Phi) is 3.02. The molecular formula is C11H12O3. The van der Waals surface area contributed by atoms with Crippen LogP contribution in [0.15, 0.2) is 12.1 Å². The van der Waals surface area contributed by atoms with E-state index >= 15 is 0 Å². The number of benzene rings is 1. The number of ether oxygens (including phenoxy) is 1. The maximum Gasteiger partial charge on any atom is 0.338 e. The Balaban J connectivity index is 3.38. The molecule has 0 aliphatic rings. The van der Waals surface area contributed by atoms with Crippen LogP contribution in [-0.4, -0.2) is 19.4 Å². The largest absolute Gasteiger partial charge is 0.465 e. The minimum Gasteiger partial charge on any atom is -0.465 e. The molecule has 0 unspecified atom stereocenters. The molecule has 0 heterocycles. The minimum absolute atomic E-state index is 0.325. The van der Waals surface area contributed by atoms with Crippen LogP contribution < -0.4 is 0 Å². The second-order valence-electron chi connectivity index (χ2n) is 3.08. The molecule has 1 aromatic rings. The number of carbonyl (C=O) groups excluding carboxylic acids is 2. The summed E-state index contributed by atoms with van der Waals surface area (Å²) in [6.07, 6.45) is 0.689. The van der Waals surface area contributed by atoms with Gasteiger partial charge < -0.3 is 4.74 Å². The summed E-state index contributed by atoms with van der Waals surface area (Å²) in [7, 11) is 1.30. The molecule has 14 heavy (non-hydrogen) atoms. The number of aldehydes is 1. The highest BCUT2D eigenvalue weighted by molar-refractivity contribution is 5.99. The minimum atomic E-state index is -0.477. The topological polar surface area (TPSA) is 43.4 Å². The summed E-state index contributed by atoms with van der Waals surface area (Å²) >= 11 is 0. The van der Waals surface area contributed by atoms with Crippen molar-refractivity contribution in [3.63, 3.8) is 0 Å². The van der Waals surface area contributed by atoms with Gasteiger partial charge in [-0.25, -0.2) is 4.79 Å². The summed E-state index contributed by atoms with van der Waals surface area (Å²) in [6, 6.07) is 3.41. The van der Waals surface area contributed by atoms with E-state index in [2.05, 4.69) is 4.74 Å². The highest BCUT2D eigenvalue weighted by Crippen LogP contribution is 2.16. The molecule has 0 saturated heterocycles. The molecule has 0 atom stereocenters. The van der Waals surface area contributed by atoms with Gasteiger partial charge in [0.1, 0.15) is 0 Å². The molecule has 1 aromatic carbocycles. The van der Waals surface area contributed by atoms with Gasteiger partial charge in [-0.2, -0.15) is 0 Å². The number of rotatable bonds is 2. The van der Waals surface area contributed by atoms with Gasteiger partial charge in [0, 0.05) is 5.56 Å². The van der Waals surface area contributed by atoms with E-state index in [1.54, 1.807) is 12.1 Å². The number of hydrogen-bond donors (Lipinski definition) is 0. The first kappa shape index (κ1) is 10.4. The average molecular weight is 192 g/mol. The molecule has 0 saturated carbocycles. The van der Waals surface area contributed by atoms with Crippen LogP contribution >= 0.6 is 0 Å². The van der Waals surface area contributed by atoms with Gasteiger partial charge in [0.2, 0.25) is 0 Å². The third-order valence-electron chi connectivity index (χ3n) is 2.31. The number of aryl methyl sites for hydroxylation is 1. The molecule has 0 aliphatic carbocycles. The maximum atomic E-state index is 11.3. The fraction of sp³-hybridized carbons (Fsp3) is 0.273. The summed E-state index contributed by atoms with van der Waals surface area (Å²) in [5, 5.41) is 0. The smallest absolute Gasteiger partial charge is 0.338 e. The Labute approximate surface area is 82.7 Å². The van der Waals surface area contributed by atoms with E-state index in [-0.39, 0.29) is 0 Å². The maximum absolute atomic E-state index is 11.3. The van der Waals surface area contributed by atoms with Crippen LogP contribution in [0.25, 0.3) is 0 Å². The van der Waals surface area contributed by atoms with Crippen molar-refractivity contribution in [2.24, 2.45) is 0 Å². The Morgan fingerprint density at radius 2 is 2.00 bits per heavy atom. The predicted molar refractivity (Wildman–Crippen MR) is 52.6 cm³/mol. The second kappa shape index (κ2) is 4.05. The van der Waals surface area contributed by atoms with Crippen molar-refractivity contribution in [2.75, 3.05) is 7.11 Å². The van der Waals surface area contributed by atoms with E-state index < -0.39 is 5.97 Å². The van der Waals surface area contributed by atoms with Crippen molar-refractivity contribution in [2.45, 2.75) is 13.8 Å².